The van der Waals surface area contributed by atoms with Crippen LogP contribution in [0.3, 0.4) is 0 Å². The summed E-state index contributed by atoms with van der Waals surface area (Å²) in [5, 5.41) is 0.356. The first-order valence-corrected chi connectivity index (χ1v) is 11.3. The average Bonchev–Trinajstić information content (AvgIpc) is 3.02. The van der Waals surface area contributed by atoms with Gasteiger partial charge in [0.25, 0.3) is 11.8 Å². The first-order valence-electron chi connectivity index (χ1n) is 9.38. The SMILES string of the molecule is Cc1cc(NN(C=O)S(=N)(=O)c2ccccc2)ccc1N1C(=O)c2ccc(Cl)cc2C1=O. The summed E-state index contributed by atoms with van der Waals surface area (Å²) in [6, 6.07) is 17.1. The van der Waals surface area contributed by atoms with E-state index in [1.807, 2.05) is 0 Å². The Balaban J connectivity index is 1.62. The maximum absolute atomic E-state index is 12.9. The number of imide groups is 1. The van der Waals surface area contributed by atoms with Crippen LogP contribution in [0.1, 0.15) is 26.3 Å². The molecule has 0 bridgehead atoms. The van der Waals surface area contributed by atoms with Gasteiger partial charge in [-0.25, -0.2) is 13.9 Å². The Morgan fingerprint density at radius 3 is 2.34 bits per heavy atom. The van der Waals surface area contributed by atoms with Gasteiger partial charge >= 0.3 is 0 Å². The van der Waals surface area contributed by atoms with Gasteiger partial charge in [0.05, 0.1) is 27.4 Å². The molecule has 3 amide bonds. The molecule has 10 heteroatoms. The fourth-order valence-corrected chi connectivity index (χ4v) is 4.69. The highest BCUT2D eigenvalue weighted by Gasteiger charge is 2.37. The fourth-order valence-electron chi connectivity index (χ4n) is 3.40. The van der Waals surface area contributed by atoms with Crippen molar-refractivity contribution in [2.45, 2.75) is 11.8 Å². The zero-order valence-corrected chi connectivity index (χ0v) is 18.3. The van der Waals surface area contributed by atoms with Crippen LogP contribution in [0.4, 0.5) is 11.4 Å². The van der Waals surface area contributed by atoms with Crippen LogP contribution in [-0.4, -0.2) is 26.8 Å². The molecule has 162 valence electrons. The molecule has 2 N–H and O–H groups in total. The number of nitrogens with zero attached hydrogens (tertiary/aromatic N) is 2. The Morgan fingerprint density at radius 1 is 1.00 bits per heavy atom. The maximum atomic E-state index is 12.9. The van der Waals surface area contributed by atoms with Crippen LogP contribution in [0.5, 0.6) is 0 Å². The van der Waals surface area contributed by atoms with E-state index in [-0.39, 0.29) is 22.4 Å². The monoisotopic (exact) mass is 468 g/mol. The third-order valence-corrected chi connectivity index (χ3v) is 6.84. The van der Waals surface area contributed by atoms with Gasteiger partial charge in [0.2, 0.25) is 6.41 Å². The molecule has 0 aliphatic carbocycles. The van der Waals surface area contributed by atoms with E-state index in [4.69, 9.17) is 16.4 Å². The standard InChI is InChI=1S/C22H17ClN4O4S/c1-14-11-16(25-26(13-28)32(24,31)17-5-3-2-4-6-17)8-10-20(14)27-21(29)18-9-7-15(23)12-19(18)22(27)30/h2-13,24-25H,1H3. The van der Waals surface area contributed by atoms with Gasteiger partial charge < -0.3 is 0 Å². The second-order valence-electron chi connectivity index (χ2n) is 7.02. The van der Waals surface area contributed by atoms with E-state index in [1.54, 1.807) is 37.3 Å². The van der Waals surface area contributed by atoms with E-state index in [9.17, 15) is 18.6 Å². The van der Waals surface area contributed by atoms with Crippen molar-refractivity contribution < 1.29 is 18.6 Å². The molecule has 0 spiro atoms. The third-order valence-electron chi connectivity index (χ3n) is 4.96. The van der Waals surface area contributed by atoms with Crippen molar-refractivity contribution in [2.75, 3.05) is 10.3 Å². The van der Waals surface area contributed by atoms with Crippen LogP contribution < -0.4 is 10.3 Å². The third kappa shape index (κ3) is 3.61. The minimum absolute atomic E-state index is 0.164. The van der Waals surface area contributed by atoms with Gasteiger partial charge in [0.15, 0.2) is 9.92 Å². The number of aryl methyl sites for hydroxylation is 1. The Kier molecular flexibility index (Phi) is 5.45. The molecule has 0 saturated carbocycles. The Bertz CT molecular complexity index is 1360. The summed E-state index contributed by atoms with van der Waals surface area (Å²) in [5.74, 6) is -0.942. The predicted molar refractivity (Wildman–Crippen MR) is 121 cm³/mol. The quantitative estimate of drug-likeness (QED) is 0.319. The van der Waals surface area contributed by atoms with Crippen molar-refractivity contribution in [3.05, 3.63) is 88.4 Å². The van der Waals surface area contributed by atoms with E-state index >= 15 is 0 Å². The van der Waals surface area contributed by atoms with E-state index in [1.165, 1.54) is 36.4 Å². The molecule has 1 unspecified atom stereocenters. The minimum Gasteiger partial charge on any atom is -0.283 e. The molecule has 0 saturated heterocycles. The number of rotatable bonds is 6. The Morgan fingerprint density at radius 2 is 1.69 bits per heavy atom. The van der Waals surface area contributed by atoms with Crippen LogP contribution in [0.15, 0.2) is 71.6 Å². The first kappa shape index (κ1) is 21.5. The first-order chi connectivity index (χ1) is 15.2. The normalized spacial score (nSPS) is 14.6. The molecule has 3 aromatic carbocycles. The lowest BCUT2D eigenvalue weighted by Gasteiger charge is -2.23. The van der Waals surface area contributed by atoms with Crippen LogP contribution >= 0.6 is 11.6 Å². The molecule has 1 aliphatic heterocycles. The summed E-state index contributed by atoms with van der Waals surface area (Å²) in [6.45, 7) is 1.69. The van der Waals surface area contributed by atoms with Crippen LogP contribution in [0.2, 0.25) is 5.02 Å². The van der Waals surface area contributed by atoms with Gasteiger partial charge in [-0.2, -0.15) is 4.41 Å². The second-order valence-corrected chi connectivity index (χ2v) is 9.37. The van der Waals surface area contributed by atoms with Gasteiger partial charge in [-0.3, -0.25) is 19.8 Å². The highest BCUT2D eigenvalue weighted by molar-refractivity contribution is 7.90. The van der Waals surface area contributed by atoms with Crippen molar-refractivity contribution in [2.24, 2.45) is 0 Å². The number of anilines is 2. The predicted octanol–water partition coefficient (Wildman–Crippen LogP) is 4.26. The number of hydrazine groups is 1. The smallest absolute Gasteiger partial charge is 0.266 e. The summed E-state index contributed by atoms with van der Waals surface area (Å²) < 4.78 is 21.8. The molecule has 3 aromatic rings. The van der Waals surface area contributed by atoms with Gasteiger partial charge in [-0.15, -0.1) is 0 Å². The Labute approximate surface area is 189 Å². The molecule has 32 heavy (non-hydrogen) atoms. The highest BCUT2D eigenvalue weighted by Crippen LogP contribution is 2.33. The number of halogens is 1. The molecule has 0 fully saturated rings. The average molecular weight is 469 g/mol. The summed E-state index contributed by atoms with van der Waals surface area (Å²) >= 11 is 5.96. The van der Waals surface area contributed by atoms with E-state index in [0.29, 0.717) is 26.4 Å². The fraction of sp³-hybridized carbons (Fsp3) is 0.0455. The molecular weight excluding hydrogens is 452 g/mol. The van der Waals surface area contributed by atoms with Crippen molar-refractivity contribution in [3.63, 3.8) is 0 Å². The minimum atomic E-state index is -3.62. The summed E-state index contributed by atoms with van der Waals surface area (Å²) in [6.07, 6.45) is 0.277. The molecule has 8 nitrogen and oxygen atoms in total. The molecular formula is C22H17ClN4O4S. The zero-order chi connectivity index (χ0) is 23.0. The van der Waals surface area contributed by atoms with Crippen LogP contribution in [0.25, 0.3) is 0 Å². The Hall–Kier alpha value is -3.69. The zero-order valence-electron chi connectivity index (χ0n) is 16.7. The van der Waals surface area contributed by atoms with Gasteiger partial charge in [0.1, 0.15) is 0 Å². The van der Waals surface area contributed by atoms with Crippen molar-refractivity contribution in [3.8, 4) is 0 Å². The van der Waals surface area contributed by atoms with Gasteiger partial charge in [0, 0.05) is 5.02 Å². The lowest BCUT2D eigenvalue weighted by Crippen LogP contribution is -2.34. The van der Waals surface area contributed by atoms with E-state index in [2.05, 4.69) is 5.43 Å². The van der Waals surface area contributed by atoms with Gasteiger partial charge in [-0.1, -0.05) is 29.8 Å². The topological polar surface area (TPSA) is 111 Å². The maximum Gasteiger partial charge on any atom is 0.266 e. The van der Waals surface area contributed by atoms with E-state index in [0.717, 1.165) is 4.90 Å². The molecule has 4 rings (SSSR count). The number of hydrogen-bond donors (Lipinski definition) is 2. The van der Waals surface area contributed by atoms with Crippen LogP contribution in [0, 0.1) is 11.7 Å². The van der Waals surface area contributed by atoms with Crippen molar-refractivity contribution >= 4 is 51.1 Å². The molecule has 1 atom stereocenters. The number of nitrogens with one attached hydrogen (secondary N) is 2. The molecule has 0 aromatic heterocycles. The molecule has 0 radical (unpaired) electrons. The summed E-state index contributed by atoms with van der Waals surface area (Å²) in [5.41, 5.74) is 4.44. The van der Waals surface area contributed by atoms with Crippen LogP contribution in [-0.2, 0) is 14.7 Å². The number of fused-ring (bicyclic) bond motifs is 1. The summed E-state index contributed by atoms with van der Waals surface area (Å²) in [4.78, 5) is 38.4. The number of carbonyl (C=O) groups excluding carboxylic acids is 3. The second kappa shape index (κ2) is 8.10. The molecule has 1 heterocycles. The lowest BCUT2D eigenvalue weighted by molar-refractivity contribution is -0.113. The van der Waals surface area contributed by atoms with Gasteiger partial charge in [-0.05, 0) is 61.0 Å². The highest BCUT2D eigenvalue weighted by atomic mass is 35.5. The number of carbonyl (C=O) groups is 3. The molecule has 1 aliphatic rings. The van der Waals surface area contributed by atoms with Crippen molar-refractivity contribution in [1.82, 2.24) is 4.41 Å². The van der Waals surface area contributed by atoms with Crippen molar-refractivity contribution in [1.29, 1.82) is 4.78 Å². The summed E-state index contributed by atoms with van der Waals surface area (Å²) in [7, 11) is -3.62. The number of amides is 3. The number of benzene rings is 3. The lowest BCUT2D eigenvalue weighted by atomic mass is 10.1. The number of hydrogen-bond acceptors (Lipinski definition) is 6. The van der Waals surface area contributed by atoms with E-state index < -0.39 is 21.7 Å². The largest absolute Gasteiger partial charge is 0.283 e.